The van der Waals surface area contributed by atoms with E-state index in [0.29, 0.717) is 23.6 Å². The van der Waals surface area contributed by atoms with Crippen molar-refractivity contribution < 1.29 is 23.9 Å². The third-order valence-corrected chi connectivity index (χ3v) is 8.78. The van der Waals surface area contributed by atoms with E-state index in [4.69, 9.17) is 4.74 Å². The van der Waals surface area contributed by atoms with E-state index in [9.17, 15) is 14.7 Å². The second-order valence-electron chi connectivity index (χ2n) is 11.3. The Kier molecular flexibility index (Phi) is 7.87. The van der Waals surface area contributed by atoms with Crippen molar-refractivity contribution in [1.82, 2.24) is 5.32 Å². The van der Waals surface area contributed by atoms with Crippen LogP contribution in [0.3, 0.4) is 0 Å². The van der Waals surface area contributed by atoms with E-state index < -0.39 is 11.6 Å². The summed E-state index contributed by atoms with van der Waals surface area (Å²) in [6, 6.07) is 24.0. The second kappa shape index (κ2) is 11.3. The molecule has 1 atom stereocenters. The van der Waals surface area contributed by atoms with Crippen LogP contribution >= 0.6 is 0 Å². The molecule has 0 spiro atoms. The predicted molar refractivity (Wildman–Crippen MR) is 151 cm³/mol. The normalized spacial score (nSPS) is 22.3. The molecule has 3 aromatic rings. The highest BCUT2D eigenvalue weighted by molar-refractivity contribution is 5.97. The fourth-order valence-corrected chi connectivity index (χ4v) is 6.53. The lowest BCUT2D eigenvalue weighted by Gasteiger charge is -2.52. The van der Waals surface area contributed by atoms with Crippen LogP contribution in [0.4, 0.5) is 0 Å². The summed E-state index contributed by atoms with van der Waals surface area (Å²) >= 11 is 0. The minimum Gasteiger partial charge on any atom is -0.453 e. The van der Waals surface area contributed by atoms with E-state index in [0.717, 1.165) is 66.6 Å². The van der Waals surface area contributed by atoms with Gasteiger partial charge in [0.25, 0.3) is 5.91 Å². The van der Waals surface area contributed by atoms with Crippen molar-refractivity contribution >= 4 is 11.9 Å². The average molecular weight is 528 g/mol. The summed E-state index contributed by atoms with van der Waals surface area (Å²) in [4.78, 5) is 26.5. The summed E-state index contributed by atoms with van der Waals surface area (Å²) in [5.74, 6) is -0.318. The summed E-state index contributed by atoms with van der Waals surface area (Å²) in [5.41, 5.74) is 1.89. The Hall–Kier alpha value is -3.48. The van der Waals surface area contributed by atoms with Gasteiger partial charge in [-0.15, -0.1) is 0 Å². The van der Waals surface area contributed by atoms with Crippen molar-refractivity contribution in [2.24, 2.45) is 5.92 Å². The number of esters is 1. The summed E-state index contributed by atoms with van der Waals surface area (Å²) < 4.78 is 7.07. The van der Waals surface area contributed by atoms with Gasteiger partial charge in [0.2, 0.25) is 5.60 Å². The van der Waals surface area contributed by atoms with Gasteiger partial charge in [-0.3, -0.25) is 4.79 Å². The van der Waals surface area contributed by atoms with E-state index >= 15 is 0 Å². The zero-order valence-electron chi connectivity index (χ0n) is 22.9. The minimum absolute atomic E-state index is 0.0177. The maximum absolute atomic E-state index is 13.7. The molecular formula is C33H39N2O4+. The molecule has 6 rings (SSSR count). The van der Waals surface area contributed by atoms with Gasteiger partial charge in [0.1, 0.15) is 6.54 Å². The number of fused-ring (bicyclic) bond motifs is 3. The zero-order chi connectivity index (χ0) is 27.5. The lowest BCUT2D eigenvalue weighted by atomic mass is 9.82. The fourth-order valence-electron chi connectivity index (χ4n) is 6.53. The Balaban J connectivity index is 1.23. The van der Waals surface area contributed by atoms with Crippen molar-refractivity contribution in [3.8, 4) is 0 Å². The van der Waals surface area contributed by atoms with Gasteiger partial charge in [0.15, 0.2) is 6.10 Å². The highest BCUT2D eigenvalue weighted by atomic mass is 16.6. The number of benzene rings is 3. The number of carbonyl (C=O) groups is 2. The molecule has 0 unspecified atom stereocenters. The van der Waals surface area contributed by atoms with Gasteiger partial charge in [-0.2, -0.15) is 0 Å². The van der Waals surface area contributed by atoms with Gasteiger partial charge in [0.05, 0.1) is 19.6 Å². The van der Waals surface area contributed by atoms with E-state index in [1.807, 2.05) is 68.4 Å². The van der Waals surface area contributed by atoms with Crippen LogP contribution in [0.5, 0.6) is 0 Å². The molecule has 3 fully saturated rings. The highest BCUT2D eigenvalue weighted by Crippen LogP contribution is 2.38. The first-order valence-electron chi connectivity index (χ1n) is 14.1. The number of hydrogen-bond donors (Lipinski definition) is 2. The number of quaternary nitrogens is 1. The SMILES string of the molecule is Cc1cccc(C)c1C(=O)NCCC[N+]12CCC(CC1)[C@@H](OC(=O)C(O)(c1ccccc1)c1ccccc1)C2. The van der Waals surface area contributed by atoms with Gasteiger partial charge in [-0.25, -0.2) is 4.79 Å². The molecule has 204 valence electrons. The number of amides is 1. The largest absolute Gasteiger partial charge is 0.453 e. The molecule has 3 aliphatic rings. The smallest absolute Gasteiger partial charge is 0.348 e. The first-order chi connectivity index (χ1) is 18.8. The van der Waals surface area contributed by atoms with Crippen LogP contribution in [-0.2, 0) is 15.1 Å². The van der Waals surface area contributed by atoms with Crippen molar-refractivity contribution in [1.29, 1.82) is 0 Å². The highest BCUT2D eigenvalue weighted by Gasteiger charge is 2.50. The first kappa shape index (κ1) is 27.1. The maximum atomic E-state index is 13.7. The number of aryl methyl sites for hydroxylation is 2. The monoisotopic (exact) mass is 527 g/mol. The summed E-state index contributed by atoms with van der Waals surface area (Å²) in [6.07, 6.45) is 2.63. The Morgan fingerprint density at radius 2 is 1.46 bits per heavy atom. The number of ether oxygens (including phenoxy) is 1. The van der Waals surface area contributed by atoms with Crippen LogP contribution in [0.2, 0.25) is 0 Å². The predicted octanol–water partition coefficient (Wildman–Crippen LogP) is 4.51. The van der Waals surface area contributed by atoms with Gasteiger partial charge in [-0.05, 0) is 36.1 Å². The van der Waals surface area contributed by atoms with Crippen LogP contribution in [0.1, 0.15) is 51.9 Å². The van der Waals surface area contributed by atoms with E-state index in [1.54, 1.807) is 24.3 Å². The van der Waals surface area contributed by atoms with E-state index in [1.165, 1.54) is 0 Å². The number of aliphatic hydroxyl groups is 1. The first-order valence-corrected chi connectivity index (χ1v) is 14.1. The lowest BCUT2D eigenvalue weighted by Crippen LogP contribution is -2.65. The molecule has 3 saturated heterocycles. The van der Waals surface area contributed by atoms with Gasteiger partial charge < -0.3 is 19.6 Å². The molecule has 0 aliphatic carbocycles. The Morgan fingerprint density at radius 1 is 0.897 bits per heavy atom. The molecule has 39 heavy (non-hydrogen) atoms. The van der Waals surface area contributed by atoms with Crippen molar-refractivity contribution in [3.05, 3.63) is 107 Å². The molecule has 6 heteroatoms. The molecule has 6 nitrogen and oxygen atoms in total. The second-order valence-corrected chi connectivity index (χ2v) is 11.3. The maximum Gasteiger partial charge on any atom is 0.348 e. The standard InChI is InChI=1S/C33H38N2O4/c1-24-11-9-12-25(2)30(24)31(36)34-19-10-20-35-21-17-26(18-22-35)29(23-35)39-32(37)33(38,27-13-5-3-6-14-27)28-15-7-4-8-16-28/h3-9,11-16,26,29,38H,10,17-23H2,1-2H3/p+1/t26?,29-,35?/m0/s1. The van der Waals surface area contributed by atoms with E-state index in [-0.39, 0.29) is 12.0 Å². The van der Waals surface area contributed by atoms with Crippen LogP contribution in [0.25, 0.3) is 0 Å². The molecule has 3 aliphatic heterocycles. The minimum atomic E-state index is -1.86. The summed E-state index contributed by atoms with van der Waals surface area (Å²) in [7, 11) is 0. The van der Waals surface area contributed by atoms with Gasteiger partial charge in [-0.1, -0.05) is 78.9 Å². The third kappa shape index (κ3) is 5.49. The molecule has 0 radical (unpaired) electrons. The van der Waals surface area contributed by atoms with E-state index in [2.05, 4.69) is 5.32 Å². The molecule has 2 bridgehead atoms. The molecule has 0 aromatic heterocycles. The van der Waals surface area contributed by atoms with Crippen molar-refractivity contribution in [2.75, 3.05) is 32.7 Å². The Bertz CT molecular complexity index is 1240. The van der Waals surface area contributed by atoms with Crippen LogP contribution in [-0.4, -0.2) is 60.3 Å². The number of carbonyl (C=O) groups excluding carboxylic acids is 2. The van der Waals surface area contributed by atoms with Crippen LogP contribution in [0.15, 0.2) is 78.9 Å². The Morgan fingerprint density at radius 3 is 2.03 bits per heavy atom. The molecular weight excluding hydrogens is 488 g/mol. The molecule has 2 N–H and O–H groups in total. The molecule has 0 saturated carbocycles. The van der Waals surface area contributed by atoms with Gasteiger partial charge >= 0.3 is 5.97 Å². The number of rotatable bonds is 9. The third-order valence-electron chi connectivity index (χ3n) is 8.78. The number of nitrogens with zero attached hydrogens (tertiary/aromatic N) is 1. The summed E-state index contributed by atoms with van der Waals surface area (Å²) in [6.45, 7) is 8.35. The summed E-state index contributed by atoms with van der Waals surface area (Å²) in [5, 5.41) is 14.9. The topological polar surface area (TPSA) is 75.6 Å². The fraction of sp³-hybridized carbons (Fsp3) is 0.394. The number of piperidine rings is 3. The van der Waals surface area contributed by atoms with Crippen molar-refractivity contribution in [2.45, 2.75) is 44.8 Å². The quantitative estimate of drug-likeness (QED) is 0.244. The molecule has 1 amide bonds. The number of nitrogens with one attached hydrogen (secondary N) is 1. The van der Waals surface area contributed by atoms with Crippen LogP contribution < -0.4 is 5.32 Å². The molecule has 3 heterocycles. The zero-order valence-corrected chi connectivity index (χ0v) is 22.9. The molecule has 3 aromatic carbocycles. The van der Waals surface area contributed by atoms with Gasteiger partial charge in [0, 0.05) is 37.3 Å². The Labute approximate surface area is 231 Å². The van der Waals surface area contributed by atoms with Crippen LogP contribution in [0, 0.1) is 19.8 Å². The van der Waals surface area contributed by atoms with Crippen molar-refractivity contribution in [3.63, 3.8) is 0 Å². The number of hydrogen-bond acceptors (Lipinski definition) is 4. The average Bonchev–Trinajstić information content (AvgIpc) is 2.96. The lowest BCUT2D eigenvalue weighted by molar-refractivity contribution is -0.946.